The summed E-state index contributed by atoms with van der Waals surface area (Å²) in [5, 5.41) is 8.80. The molecular formula is C21H18F3N5O4S. The highest BCUT2D eigenvalue weighted by Gasteiger charge is 2.31. The fourth-order valence-corrected chi connectivity index (χ4v) is 3.74. The molecule has 2 amide bonds. The maximum absolute atomic E-state index is 13.1. The number of furan rings is 1. The first-order valence-electron chi connectivity index (χ1n) is 9.89. The lowest BCUT2D eigenvalue weighted by Gasteiger charge is -2.09. The van der Waals surface area contributed by atoms with Gasteiger partial charge < -0.3 is 18.8 Å². The third-order valence-electron chi connectivity index (χ3n) is 4.58. The quantitative estimate of drug-likeness (QED) is 0.376. The van der Waals surface area contributed by atoms with Crippen molar-refractivity contribution >= 4 is 46.4 Å². The first kappa shape index (κ1) is 23.4. The highest BCUT2D eigenvalue weighted by atomic mass is 32.2. The highest BCUT2D eigenvalue weighted by Crippen LogP contribution is 2.32. The minimum atomic E-state index is -4.52. The van der Waals surface area contributed by atoms with Crippen molar-refractivity contribution in [1.29, 1.82) is 0 Å². The summed E-state index contributed by atoms with van der Waals surface area (Å²) in [6.07, 6.45) is -3.05. The Labute approximate surface area is 194 Å². The topological polar surface area (TPSA) is 115 Å². The van der Waals surface area contributed by atoms with Crippen molar-refractivity contribution < 1.29 is 31.7 Å². The van der Waals surface area contributed by atoms with E-state index in [1.807, 2.05) is 0 Å². The molecule has 0 spiro atoms. The van der Waals surface area contributed by atoms with E-state index >= 15 is 0 Å². The Kier molecular flexibility index (Phi) is 6.63. The number of hydrogen-bond acceptors (Lipinski definition) is 7. The SMILES string of the molecule is Cc1cc(NC(=O)CSCC(=O)Nc2nc3cc(C(F)(F)F)ccc3n2Cc2ccco2)no1. The van der Waals surface area contributed by atoms with Gasteiger partial charge in [-0.3, -0.25) is 14.9 Å². The van der Waals surface area contributed by atoms with Crippen LogP contribution in [0.5, 0.6) is 0 Å². The molecule has 0 saturated carbocycles. The molecule has 4 aromatic rings. The summed E-state index contributed by atoms with van der Waals surface area (Å²) in [7, 11) is 0. The molecular weight excluding hydrogens is 475 g/mol. The van der Waals surface area contributed by atoms with Gasteiger partial charge in [0.15, 0.2) is 5.82 Å². The number of aromatic nitrogens is 3. The second-order valence-electron chi connectivity index (χ2n) is 7.21. The number of nitrogens with zero attached hydrogens (tertiary/aromatic N) is 3. The molecule has 0 unspecified atom stereocenters. The van der Waals surface area contributed by atoms with Crippen molar-refractivity contribution in [2.45, 2.75) is 19.6 Å². The van der Waals surface area contributed by atoms with Gasteiger partial charge in [-0.25, -0.2) is 4.98 Å². The number of carbonyl (C=O) groups excluding carboxylic acids is 2. The van der Waals surface area contributed by atoms with Gasteiger partial charge in [-0.2, -0.15) is 13.2 Å². The third-order valence-corrected chi connectivity index (χ3v) is 5.52. The number of thioether (sulfide) groups is 1. The van der Waals surface area contributed by atoms with Crippen LogP contribution < -0.4 is 10.6 Å². The van der Waals surface area contributed by atoms with E-state index in [0.717, 1.165) is 23.9 Å². The molecule has 3 heterocycles. The highest BCUT2D eigenvalue weighted by molar-refractivity contribution is 8.00. The number of carbonyl (C=O) groups is 2. The second kappa shape index (κ2) is 9.63. The Bertz CT molecular complexity index is 1310. The molecule has 0 aliphatic carbocycles. The molecule has 3 aromatic heterocycles. The van der Waals surface area contributed by atoms with Crippen LogP contribution in [-0.4, -0.2) is 38.0 Å². The van der Waals surface area contributed by atoms with Gasteiger partial charge in [-0.05, 0) is 37.3 Å². The molecule has 0 aliphatic heterocycles. The van der Waals surface area contributed by atoms with Crippen LogP contribution in [0, 0.1) is 6.92 Å². The van der Waals surface area contributed by atoms with E-state index in [4.69, 9.17) is 8.94 Å². The number of fused-ring (bicyclic) bond motifs is 1. The van der Waals surface area contributed by atoms with Crippen LogP contribution in [0.3, 0.4) is 0 Å². The van der Waals surface area contributed by atoms with Crippen LogP contribution in [-0.2, 0) is 22.3 Å². The molecule has 0 saturated heterocycles. The maximum atomic E-state index is 13.1. The van der Waals surface area contributed by atoms with Gasteiger partial charge in [0.2, 0.25) is 17.8 Å². The van der Waals surface area contributed by atoms with Crippen molar-refractivity contribution in [1.82, 2.24) is 14.7 Å². The predicted octanol–water partition coefficient (Wildman–Crippen LogP) is 4.30. The molecule has 0 radical (unpaired) electrons. The number of anilines is 2. The Balaban J connectivity index is 1.45. The fourth-order valence-electron chi connectivity index (χ4n) is 3.12. The van der Waals surface area contributed by atoms with Crippen LogP contribution in [0.4, 0.5) is 24.9 Å². The average Bonchev–Trinajstić information content (AvgIpc) is 3.49. The lowest BCUT2D eigenvalue weighted by atomic mass is 10.2. The number of hydrogen-bond donors (Lipinski definition) is 2. The summed E-state index contributed by atoms with van der Waals surface area (Å²) in [4.78, 5) is 28.6. The molecule has 2 N–H and O–H groups in total. The van der Waals surface area contributed by atoms with Crippen LogP contribution in [0.25, 0.3) is 11.0 Å². The van der Waals surface area contributed by atoms with Gasteiger partial charge in [0.25, 0.3) is 0 Å². The lowest BCUT2D eigenvalue weighted by Crippen LogP contribution is -2.20. The largest absolute Gasteiger partial charge is 0.467 e. The Hall–Kier alpha value is -3.74. The molecule has 13 heteroatoms. The van der Waals surface area contributed by atoms with E-state index in [1.54, 1.807) is 29.7 Å². The number of amides is 2. The zero-order chi connectivity index (χ0) is 24.3. The maximum Gasteiger partial charge on any atom is 0.416 e. The number of imidazole rings is 1. The lowest BCUT2D eigenvalue weighted by molar-refractivity contribution is -0.137. The third kappa shape index (κ3) is 5.60. The smallest absolute Gasteiger partial charge is 0.416 e. The average molecular weight is 493 g/mol. The zero-order valence-electron chi connectivity index (χ0n) is 17.7. The van der Waals surface area contributed by atoms with Crippen molar-refractivity contribution in [3.8, 4) is 0 Å². The van der Waals surface area contributed by atoms with E-state index in [2.05, 4.69) is 20.8 Å². The van der Waals surface area contributed by atoms with Crippen molar-refractivity contribution in [2.24, 2.45) is 0 Å². The van der Waals surface area contributed by atoms with Crippen LogP contribution in [0.1, 0.15) is 17.1 Å². The summed E-state index contributed by atoms with van der Waals surface area (Å²) in [5.41, 5.74) is -0.370. The van der Waals surface area contributed by atoms with Gasteiger partial charge in [-0.1, -0.05) is 5.16 Å². The number of alkyl halides is 3. The number of nitrogens with one attached hydrogen (secondary N) is 2. The molecule has 0 fully saturated rings. The van der Waals surface area contributed by atoms with Gasteiger partial charge >= 0.3 is 6.18 Å². The van der Waals surface area contributed by atoms with Crippen molar-refractivity contribution in [3.05, 3.63) is 59.7 Å². The first-order chi connectivity index (χ1) is 16.2. The van der Waals surface area contributed by atoms with Gasteiger partial charge in [-0.15, -0.1) is 11.8 Å². The predicted molar refractivity (Wildman–Crippen MR) is 118 cm³/mol. The Morgan fingerprint density at radius 2 is 1.88 bits per heavy atom. The fraction of sp³-hybridized carbons (Fsp3) is 0.238. The Morgan fingerprint density at radius 1 is 1.12 bits per heavy atom. The summed E-state index contributed by atoms with van der Waals surface area (Å²) in [6.45, 7) is 1.84. The van der Waals surface area contributed by atoms with E-state index in [9.17, 15) is 22.8 Å². The normalized spacial score (nSPS) is 11.6. The number of halogens is 3. The molecule has 0 aliphatic rings. The molecule has 0 bridgehead atoms. The van der Waals surface area contributed by atoms with E-state index < -0.39 is 17.6 Å². The minimum Gasteiger partial charge on any atom is -0.467 e. The van der Waals surface area contributed by atoms with Crippen LogP contribution >= 0.6 is 11.8 Å². The minimum absolute atomic E-state index is 0.0168. The summed E-state index contributed by atoms with van der Waals surface area (Å²) < 4.78 is 51.1. The molecule has 1 aromatic carbocycles. The number of rotatable bonds is 8. The number of benzene rings is 1. The number of aryl methyl sites for hydroxylation is 1. The van der Waals surface area contributed by atoms with Crippen LogP contribution in [0.15, 0.2) is 51.6 Å². The van der Waals surface area contributed by atoms with E-state index in [-0.39, 0.29) is 41.2 Å². The molecule has 9 nitrogen and oxygen atoms in total. The molecule has 34 heavy (non-hydrogen) atoms. The summed E-state index contributed by atoms with van der Waals surface area (Å²) in [6, 6.07) is 8.12. The van der Waals surface area contributed by atoms with Crippen molar-refractivity contribution in [3.63, 3.8) is 0 Å². The van der Waals surface area contributed by atoms with Crippen molar-refractivity contribution in [2.75, 3.05) is 22.1 Å². The van der Waals surface area contributed by atoms with Gasteiger partial charge in [0, 0.05) is 6.07 Å². The molecule has 0 atom stereocenters. The van der Waals surface area contributed by atoms with Gasteiger partial charge in [0.1, 0.15) is 11.5 Å². The first-order valence-corrected chi connectivity index (χ1v) is 11.0. The van der Waals surface area contributed by atoms with Gasteiger partial charge in [0.05, 0.1) is 40.9 Å². The Morgan fingerprint density at radius 3 is 2.53 bits per heavy atom. The van der Waals surface area contributed by atoms with E-state index in [1.165, 1.54) is 12.3 Å². The zero-order valence-corrected chi connectivity index (χ0v) is 18.5. The summed E-state index contributed by atoms with van der Waals surface area (Å²) in [5.74, 6) is 0.486. The second-order valence-corrected chi connectivity index (χ2v) is 8.20. The molecule has 4 rings (SSSR count). The monoisotopic (exact) mass is 493 g/mol. The summed E-state index contributed by atoms with van der Waals surface area (Å²) >= 11 is 1.05. The van der Waals surface area contributed by atoms with E-state index in [0.29, 0.717) is 17.0 Å². The molecule has 178 valence electrons. The standard InChI is InChI=1S/C21H18F3N5O4S/c1-12-7-17(28-33-12)26-18(30)10-34-11-19(31)27-20-25-15-8-13(21(22,23)24)4-5-16(15)29(20)9-14-3-2-6-32-14/h2-8H,9-11H2,1H3,(H,25,27,31)(H,26,28,30). The van der Waals surface area contributed by atoms with Crippen LogP contribution in [0.2, 0.25) is 0 Å².